The molecule has 0 bridgehead atoms. The molecule has 0 spiro atoms. The number of carbonyl (C=O) groups is 2. The van der Waals surface area contributed by atoms with Gasteiger partial charge in [0.1, 0.15) is 0 Å². The number of benzene rings is 2. The first-order chi connectivity index (χ1) is 14.9. The van der Waals surface area contributed by atoms with Gasteiger partial charge < -0.3 is 10.2 Å². The van der Waals surface area contributed by atoms with Crippen molar-refractivity contribution < 1.29 is 18.0 Å². The minimum atomic E-state index is -3.86. The molecule has 2 amide bonds. The van der Waals surface area contributed by atoms with Crippen molar-refractivity contribution in [3.8, 4) is 0 Å². The minimum Gasteiger partial charge on any atom is -0.326 e. The lowest BCUT2D eigenvalue weighted by Gasteiger charge is -2.16. The standard InChI is InChI=1S/C21H19N5O4S/c27-19-13-15(14-26(19)17-5-2-1-3-6-17)20(28)24-16-7-9-18(10-8-16)31(29,30)25-21-22-11-4-12-23-21/h1-12,15H,13-14H2,(H,24,28)(H,22,23,25)/t15-/m0/s1. The highest BCUT2D eigenvalue weighted by Crippen LogP contribution is 2.26. The van der Waals surface area contributed by atoms with E-state index in [2.05, 4.69) is 20.0 Å². The molecule has 1 aliphatic rings. The molecular formula is C21H19N5O4S. The smallest absolute Gasteiger partial charge is 0.264 e. The van der Waals surface area contributed by atoms with Crippen molar-refractivity contribution in [2.45, 2.75) is 11.3 Å². The highest BCUT2D eigenvalue weighted by atomic mass is 32.2. The fourth-order valence-electron chi connectivity index (χ4n) is 3.23. The number of sulfonamides is 1. The molecule has 10 heteroatoms. The molecule has 2 heterocycles. The zero-order valence-corrected chi connectivity index (χ0v) is 17.1. The van der Waals surface area contributed by atoms with Gasteiger partial charge in [-0.15, -0.1) is 0 Å². The Kier molecular flexibility index (Phi) is 5.63. The molecule has 2 aromatic carbocycles. The first-order valence-corrected chi connectivity index (χ1v) is 11.0. The second-order valence-electron chi connectivity index (χ2n) is 6.93. The summed E-state index contributed by atoms with van der Waals surface area (Å²) in [5.74, 6) is -0.929. The Morgan fingerprint density at radius 2 is 1.65 bits per heavy atom. The highest BCUT2D eigenvalue weighted by molar-refractivity contribution is 7.92. The van der Waals surface area contributed by atoms with Crippen LogP contribution in [0.5, 0.6) is 0 Å². The SMILES string of the molecule is O=C(Nc1ccc(S(=O)(=O)Nc2ncccn2)cc1)[C@H]1CC(=O)N(c2ccccc2)C1. The van der Waals surface area contributed by atoms with Crippen molar-refractivity contribution in [1.29, 1.82) is 0 Å². The Bertz CT molecular complexity index is 1190. The number of nitrogens with zero attached hydrogens (tertiary/aromatic N) is 3. The fraction of sp³-hybridized carbons (Fsp3) is 0.143. The van der Waals surface area contributed by atoms with Crippen molar-refractivity contribution in [3.63, 3.8) is 0 Å². The summed E-state index contributed by atoms with van der Waals surface area (Å²) in [5, 5.41) is 2.75. The number of amides is 2. The van der Waals surface area contributed by atoms with Crippen LogP contribution in [0.1, 0.15) is 6.42 Å². The second kappa shape index (κ2) is 8.52. The molecule has 0 saturated carbocycles. The summed E-state index contributed by atoms with van der Waals surface area (Å²) in [6, 6.07) is 16.5. The van der Waals surface area contributed by atoms with E-state index in [0.29, 0.717) is 12.2 Å². The summed E-state index contributed by atoms with van der Waals surface area (Å²) in [7, 11) is -3.86. The summed E-state index contributed by atoms with van der Waals surface area (Å²) in [6.07, 6.45) is 2.97. The lowest BCUT2D eigenvalue weighted by Crippen LogP contribution is -2.28. The Labute approximate surface area is 179 Å². The van der Waals surface area contributed by atoms with E-state index in [-0.39, 0.29) is 29.1 Å². The Hall–Kier alpha value is -3.79. The molecule has 0 aliphatic carbocycles. The number of rotatable bonds is 6. The van der Waals surface area contributed by atoms with Crippen molar-refractivity contribution in [2.24, 2.45) is 5.92 Å². The molecule has 1 fully saturated rings. The Balaban J connectivity index is 1.40. The third-order valence-corrected chi connectivity index (χ3v) is 6.13. The molecule has 0 radical (unpaired) electrons. The second-order valence-corrected chi connectivity index (χ2v) is 8.61. The van der Waals surface area contributed by atoms with Crippen LogP contribution in [-0.4, -0.2) is 36.7 Å². The van der Waals surface area contributed by atoms with Crippen LogP contribution in [0.3, 0.4) is 0 Å². The molecule has 0 unspecified atom stereocenters. The quantitative estimate of drug-likeness (QED) is 0.610. The van der Waals surface area contributed by atoms with Crippen molar-refractivity contribution in [2.75, 3.05) is 21.5 Å². The minimum absolute atomic E-state index is 0.00393. The van der Waals surface area contributed by atoms with Gasteiger partial charge in [0.2, 0.25) is 17.8 Å². The van der Waals surface area contributed by atoms with Gasteiger partial charge in [0.25, 0.3) is 10.0 Å². The van der Waals surface area contributed by atoms with E-state index < -0.39 is 15.9 Å². The maximum Gasteiger partial charge on any atom is 0.264 e. The number of para-hydroxylation sites is 1. The zero-order valence-electron chi connectivity index (χ0n) is 16.3. The van der Waals surface area contributed by atoms with Crippen molar-refractivity contribution in [1.82, 2.24) is 9.97 Å². The van der Waals surface area contributed by atoms with Gasteiger partial charge in [0.15, 0.2) is 0 Å². The molecule has 4 rings (SSSR count). The normalized spacial score (nSPS) is 16.2. The van der Waals surface area contributed by atoms with Crippen molar-refractivity contribution in [3.05, 3.63) is 73.1 Å². The maximum absolute atomic E-state index is 12.6. The van der Waals surface area contributed by atoms with Gasteiger partial charge in [0.05, 0.1) is 10.8 Å². The lowest BCUT2D eigenvalue weighted by molar-refractivity contribution is -0.122. The number of hydrogen-bond donors (Lipinski definition) is 2. The average Bonchev–Trinajstić information content (AvgIpc) is 3.17. The molecule has 1 aromatic heterocycles. The lowest BCUT2D eigenvalue weighted by atomic mass is 10.1. The molecule has 2 N–H and O–H groups in total. The topological polar surface area (TPSA) is 121 Å². The van der Waals surface area contributed by atoms with Gasteiger partial charge in [0, 0.05) is 36.7 Å². The van der Waals surface area contributed by atoms with Crippen molar-refractivity contribution >= 4 is 39.2 Å². The van der Waals surface area contributed by atoms with Gasteiger partial charge in [-0.05, 0) is 42.5 Å². The van der Waals surface area contributed by atoms with E-state index in [9.17, 15) is 18.0 Å². The predicted molar refractivity (Wildman–Crippen MR) is 115 cm³/mol. The van der Waals surface area contributed by atoms with Crippen LogP contribution in [0.4, 0.5) is 17.3 Å². The molecule has 1 atom stereocenters. The average molecular weight is 437 g/mol. The number of hydrogen-bond acceptors (Lipinski definition) is 6. The monoisotopic (exact) mass is 437 g/mol. The summed E-state index contributed by atoms with van der Waals surface area (Å²) in [4.78, 5) is 34.2. The van der Waals surface area contributed by atoms with Gasteiger partial charge in [-0.3, -0.25) is 9.59 Å². The zero-order chi connectivity index (χ0) is 21.8. The molecular weight excluding hydrogens is 418 g/mol. The molecule has 1 saturated heterocycles. The van der Waals surface area contributed by atoms with Crippen LogP contribution in [-0.2, 0) is 19.6 Å². The van der Waals surface area contributed by atoms with E-state index in [4.69, 9.17) is 0 Å². The number of aromatic nitrogens is 2. The third-order valence-electron chi connectivity index (χ3n) is 4.79. The van der Waals surface area contributed by atoms with Crippen LogP contribution >= 0.6 is 0 Å². The molecule has 158 valence electrons. The van der Waals surface area contributed by atoms with E-state index in [1.54, 1.807) is 11.0 Å². The number of anilines is 3. The summed E-state index contributed by atoms with van der Waals surface area (Å²) < 4.78 is 27.1. The van der Waals surface area contributed by atoms with Gasteiger partial charge in [-0.1, -0.05) is 18.2 Å². The molecule has 31 heavy (non-hydrogen) atoms. The molecule has 3 aromatic rings. The van der Waals surface area contributed by atoms with Crippen LogP contribution in [0.15, 0.2) is 78.0 Å². The van der Waals surface area contributed by atoms with Gasteiger partial charge in [-0.2, -0.15) is 0 Å². The Morgan fingerprint density at radius 1 is 0.968 bits per heavy atom. The molecule has 9 nitrogen and oxygen atoms in total. The largest absolute Gasteiger partial charge is 0.326 e. The maximum atomic E-state index is 12.6. The summed E-state index contributed by atoms with van der Waals surface area (Å²) in [6.45, 7) is 0.294. The van der Waals surface area contributed by atoms with E-state index >= 15 is 0 Å². The fourth-order valence-corrected chi connectivity index (χ4v) is 4.19. The predicted octanol–water partition coefficient (Wildman–Crippen LogP) is 2.27. The van der Waals surface area contributed by atoms with E-state index in [1.165, 1.54) is 36.7 Å². The van der Waals surface area contributed by atoms with Crippen LogP contribution in [0.25, 0.3) is 0 Å². The van der Waals surface area contributed by atoms with Gasteiger partial charge in [-0.25, -0.2) is 23.1 Å². The van der Waals surface area contributed by atoms with Gasteiger partial charge >= 0.3 is 0 Å². The Morgan fingerprint density at radius 3 is 2.32 bits per heavy atom. The van der Waals surface area contributed by atoms with Crippen LogP contribution < -0.4 is 14.9 Å². The summed E-state index contributed by atoms with van der Waals surface area (Å²) in [5.41, 5.74) is 1.19. The first kappa shape index (κ1) is 20.5. The van der Waals surface area contributed by atoms with E-state index in [0.717, 1.165) is 5.69 Å². The van der Waals surface area contributed by atoms with Crippen LogP contribution in [0.2, 0.25) is 0 Å². The number of carbonyl (C=O) groups excluding carboxylic acids is 2. The molecule has 1 aliphatic heterocycles. The summed E-state index contributed by atoms with van der Waals surface area (Å²) >= 11 is 0. The van der Waals surface area contributed by atoms with Crippen LogP contribution in [0, 0.1) is 5.92 Å². The number of nitrogens with one attached hydrogen (secondary N) is 2. The van der Waals surface area contributed by atoms with E-state index in [1.807, 2.05) is 30.3 Å². The third kappa shape index (κ3) is 4.69. The highest BCUT2D eigenvalue weighted by Gasteiger charge is 2.35. The first-order valence-electron chi connectivity index (χ1n) is 9.48.